The van der Waals surface area contributed by atoms with E-state index in [2.05, 4.69) is 25.9 Å². The summed E-state index contributed by atoms with van der Waals surface area (Å²) in [6.45, 7) is 2.88. The Balaban J connectivity index is 2.94. The number of hydrogen-bond donors (Lipinski definition) is 1. The van der Waals surface area contributed by atoms with Crippen molar-refractivity contribution in [3.63, 3.8) is 0 Å². The summed E-state index contributed by atoms with van der Waals surface area (Å²) in [4.78, 5) is 23.1. The number of carbonyl (C=O) groups is 1. The number of likely N-dealkylation sites (N-methyl/N-ethyl adjacent to an activating group) is 2. The second-order valence-corrected chi connectivity index (χ2v) is 4.49. The molecule has 0 radical (unpaired) electrons. The monoisotopic (exact) mass is 301 g/mol. The first-order valence-corrected chi connectivity index (χ1v) is 5.97. The molecule has 0 saturated heterocycles. The average molecular weight is 302 g/mol. The lowest BCUT2D eigenvalue weighted by molar-refractivity contribution is -0.127. The van der Waals surface area contributed by atoms with Crippen LogP contribution in [0.5, 0.6) is 0 Å². The summed E-state index contributed by atoms with van der Waals surface area (Å²) < 4.78 is 0.619. The summed E-state index contributed by atoms with van der Waals surface area (Å²) in [5, 5.41) is 0. The molecule has 0 aromatic carbocycles. The number of nitrogens with zero attached hydrogens (tertiary/aromatic N) is 4. The molecule has 1 rings (SSSR count). The van der Waals surface area contributed by atoms with Gasteiger partial charge in [0, 0.05) is 20.6 Å². The maximum atomic E-state index is 11.7. The number of hydrogen-bond acceptors (Lipinski definition) is 5. The van der Waals surface area contributed by atoms with Crippen LogP contribution in [0, 0.1) is 0 Å². The van der Waals surface area contributed by atoms with Crippen molar-refractivity contribution in [2.75, 3.05) is 37.8 Å². The third-order valence-corrected chi connectivity index (χ3v) is 3.07. The molecule has 0 bridgehead atoms. The van der Waals surface area contributed by atoms with Gasteiger partial charge in [-0.15, -0.1) is 0 Å². The summed E-state index contributed by atoms with van der Waals surface area (Å²) in [5.41, 5.74) is 5.68. The van der Waals surface area contributed by atoms with Crippen molar-refractivity contribution >= 4 is 33.5 Å². The molecule has 1 heterocycles. The standard InChI is InChI=1S/C10H16BrN5O/c1-4-16(5-7(17)15(2)3)10-8(11)9(12)13-6-14-10/h6H,4-5H2,1-3H3,(H2,12,13,14). The molecular formula is C10H16BrN5O. The van der Waals surface area contributed by atoms with E-state index in [9.17, 15) is 4.79 Å². The second-order valence-electron chi connectivity index (χ2n) is 3.70. The Morgan fingerprint density at radius 2 is 2.12 bits per heavy atom. The fraction of sp³-hybridized carbons (Fsp3) is 0.500. The molecule has 17 heavy (non-hydrogen) atoms. The predicted octanol–water partition coefficient (Wildman–Crippen LogP) is 0.736. The maximum absolute atomic E-state index is 11.7. The molecule has 6 nitrogen and oxygen atoms in total. The molecule has 1 aromatic rings. The van der Waals surface area contributed by atoms with Crippen molar-refractivity contribution in [3.8, 4) is 0 Å². The quantitative estimate of drug-likeness (QED) is 0.887. The molecular weight excluding hydrogens is 286 g/mol. The van der Waals surface area contributed by atoms with E-state index in [1.807, 2.05) is 11.8 Å². The number of halogens is 1. The summed E-state index contributed by atoms with van der Waals surface area (Å²) in [6.07, 6.45) is 1.39. The second kappa shape index (κ2) is 5.81. The van der Waals surface area contributed by atoms with Gasteiger partial charge in [0.2, 0.25) is 5.91 Å². The van der Waals surface area contributed by atoms with Crippen molar-refractivity contribution in [2.24, 2.45) is 0 Å². The van der Waals surface area contributed by atoms with Crippen LogP contribution in [-0.4, -0.2) is 48.0 Å². The van der Waals surface area contributed by atoms with E-state index in [0.29, 0.717) is 22.7 Å². The number of rotatable bonds is 4. The Bertz CT molecular complexity index is 410. The van der Waals surface area contributed by atoms with Crippen molar-refractivity contribution in [2.45, 2.75) is 6.92 Å². The maximum Gasteiger partial charge on any atom is 0.241 e. The average Bonchev–Trinajstić information content (AvgIpc) is 2.29. The largest absolute Gasteiger partial charge is 0.383 e. The number of amides is 1. The molecule has 0 saturated carbocycles. The van der Waals surface area contributed by atoms with Crippen molar-refractivity contribution in [3.05, 3.63) is 10.8 Å². The van der Waals surface area contributed by atoms with Gasteiger partial charge in [0.25, 0.3) is 0 Å². The van der Waals surface area contributed by atoms with Gasteiger partial charge in [0.15, 0.2) is 0 Å². The molecule has 0 atom stereocenters. The van der Waals surface area contributed by atoms with Crippen LogP contribution in [0.15, 0.2) is 10.8 Å². The summed E-state index contributed by atoms with van der Waals surface area (Å²) in [6, 6.07) is 0. The lowest BCUT2D eigenvalue weighted by Gasteiger charge is -2.24. The third kappa shape index (κ3) is 3.29. The minimum atomic E-state index is 0.0101. The smallest absolute Gasteiger partial charge is 0.241 e. The number of nitrogens with two attached hydrogens (primary N) is 1. The van der Waals surface area contributed by atoms with Crippen molar-refractivity contribution in [1.82, 2.24) is 14.9 Å². The number of carbonyl (C=O) groups excluding carboxylic acids is 1. The molecule has 2 N–H and O–H groups in total. The topological polar surface area (TPSA) is 75.4 Å². The lowest BCUT2D eigenvalue weighted by Crippen LogP contribution is -2.37. The fourth-order valence-corrected chi connectivity index (χ4v) is 1.69. The van der Waals surface area contributed by atoms with E-state index in [0.717, 1.165) is 0 Å². The Labute approximate surface area is 109 Å². The molecule has 0 aliphatic heterocycles. The fourth-order valence-electron chi connectivity index (χ4n) is 1.24. The highest BCUT2D eigenvalue weighted by Crippen LogP contribution is 2.27. The van der Waals surface area contributed by atoms with E-state index in [1.54, 1.807) is 19.0 Å². The Hall–Kier alpha value is -1.37. The molecule has 0 aliphatic carbocycles. The number of nitrogen functional groups attached to an aromatic ring is 1. The van der Waals surface area contributed by atoms with Crippen molar-refractivity contribution in [1.29, 1.82) is 0 Å². The number of anilines is 2. The third-order valence-electron chi connectivity index (χ3n) is 2.30. The zero-order chi connectivity index (χ0) is 13.0. The molecule has 7 heteroatoms. The highest BCUT2D eigenvalue weighted by molar-refractivity contribution is 9.10. The zero-order valence-corrected chi connectivity index (χ0v) is 11.7. The Morgan fingerprint density at radius 1 is 1.47 bits per heavy atom. The molecule has 1 aromatic heterocycles. The zero-order valence-electron chi connectivity index (χ0n) is 10.1. The highest BCUT2D eigenvalue weighted by atomic mass is 79.9. The van der Waals surface area contributed by atoms with Crippen LogP contribution in [0.2, 0.25) is 0 Å². The van der Waals surface area contributed by atoms with Crippen molar-refractivity contribution < 1.29 is 4.79 Å². The van der Waals surface area contributed by atoms with Gasteiger partial charge in [0.1, 0.15) is 22.4 Å². The first kappa shape index (κ1) is 13.7. The van der Waals surface area contributed by atoms with Gasteiger partial charge in [-0.05, 0) is 22.9 Å². The van der Waals surface area contributed by atoms with Gasteiger partial charge in [-0.25, -0.2) is 9.97 Å². The van der Waals surface area contributed by atoms with E-state index in [1.165, 1.54) is 6.33 Å². The van der Waals surface area contributed by atoms with Crippen LogP contribution in [0.3, 0.4) is 0 Å². The van der Waals surface area contributed by atoms with Crippen LogP contribution in [-0.2, 0) is 4.79 Å². The van der Waals surface area contributed by atoms with Gasteiger partial charge in [-0.2, -0.15) is 0 Å². The lowest BCUT2D eigenvalue weighted by atomic mass is 10.4. The summed E-state index contributed by atoms with van der Waals surface area (Å²) >= 11 is 3.33. The van der Waals surface area contributed by atoms with Gasteiger partial charge >= 0.3 is 0 Å². The normalized spacial score (nSPS) is 10.1. The van der Waals surface area contributed by atoms with Crippen LogP contribution < -0.4 is 10.6 Å². The SMILES string of the molecule is CCN(CC(=O)N(C)C)c1ncnc(N)c1Br. The van der Waals surface area contributed by atoms with Gasteiger partial charge in [-0.3, -0.25) is 4.79 Å². The first-order valence-electron chi connectivity index (χ1n) is 5.18. The molecule has 0 fully saturated rings. The molecule has 0 unspecified atom stereocenters. The Morgan fingerprint density at radius 3 is 2.65 bits per heavy atom. The van der Waals surface area contributed by atoms with Gasteiger partial charge in [0.05, 0.1) is 6.54 Å². The molecule has 1 amide bonds. The van der Waals surface area contributed by atoms with E-state index < -0.39 is 0 Å². The van der Waals surface area contributed by atoms with Gasteiger partial charge < -0.3 is 15.5 Å². The molecule has 0 spiro atoms. The van der Waals surface area contributed by atoms with Crippen LogP contribution in [0.1, 0.15) is 6.92 Å². The molecule has 0 aliphatic rings. The van der Waals surface area contributed by atoms with E-state index in [-0.39, 0.29) is 12.5 Å². The molecule has 94 valence electrons. The van der Waals surface area contributed by atoms with E-state index in [4.69, 9.17) is 5.73 Å². The predicted molar refractivity (Wildman–Crippen MR) is 70.7 cm³/mol. The van der Waals surface area contributed by atoms with Crippen LogP contribution in [0.4, 0.5) is 11.6 Å². The number of aromatic nitrogens is 2. The minimum absolute atomic E-state index is 0.0101. The summed E-state index contributed by atoms with van der Waals surface area (Å²) in [5.74, 6) is 1.01. The minimum Gasteiger partial charge on any atom is -0.383 e. The van der Waals surface area contributed by atoms with Crippen LogP contribution in [0.25, 0.3) is 0 Å². The first-order chi connectivity index (χ1) is 7.97. The summed E-state index contributed by atoms with van der Waals surface area (Å²) in [7, 11) is 3.44. The highest BCUT2D eigenvalue weighted by Gasteiger charge is 2.16. The Kier molecular flexibility index (Phi) is 4.68. The van der Waals surface area contributed by atoms with Crippen LogP contribution >= 0.6 is 15.9 Å². The van der Waals surface area contributed by atoms with Gasteiger partial charge in [-0.1, -0.05) is 0 Å². The van der Waals surface area contributed by atoms with E-state index >= 15 is 0 Å².